The van der Waals surface area contributed by atoms with Crippen LogP contribution in [0.3, 0.4) is 0 Å². The lowest BCUT2D eigenvalue weighted by molar-refractivity contribution is -0.142. The van der Waals surface area contributed by atoms with E-state index in [0.717, 1.165) is 25.7 Å². The Balaban J connectivity index is 3.57. The Kier molecular flexibility index (Phi) is 29.2. The minimum absolute atomic E-state index is 0.0438. The van der Waals surface area contributed by atoms with Crippen LogP contribution in [-0.2, 0) is 9.59 Å². The number of nitrogens with one attached hydrogen (secondary N) is 1. The number of carboxylic acids is 1. The number of hydrogen-bond donors (Lipinski definition) is 2. The molecule has 1 atom stereocenters. The molecule has 0 fully saturated rings. The molecule has 1 unspecified atom stereocenters. The van der Waals surface area contributed by atoms with Crippen LogP contribution in [0.2, 0.25) is 0 Å². The third kappa shape index (κ3) is 27.7. The maximum absolute atomic E-state index is 12.2. The molecule has 0 aromatic rings. The predicted molar refractivity (Wildman–Crippen MR) is 165 cm³/mol. The van der Waals surface area contributed by atoms with Gasteiger partial charge in [-0.25, -0.2) is 0 Å². The van der Waals surface area contributed by atoms with Gasteiger partial charge < -0.3 is 10.4 Å². The van der Waals surface area contributed by atoms with Gasteiger partial charge in [0.15, 0.2) is 0 Å². The van der Waals surface area contributed by atoms with Gasteiger partial charge in [-0.1, -0.05) is 167 Å². The SMILES string of the molecule is CCCCCCCCCC/C=C/C(CC(=O)NCCCCCCCCCCCCCCCCCC)C(=O)O. The van der Waals surface area contributed by atoms with Gasteiger partial charge in [-0.3, -0.25) is 9.59 Å². The molecule has 0 rings (SSSR count). The number of allylic oxidation sites excluding steroid dienone is 1. The number of carbonyl (C=O) groups excluding carboxylic acids is 1. The maximum atomic E-state index is 12.2. The predicted octanol–water partition coefficient (Wildman–Crippen LogP) is 10.5. The van der Waals surface area contributed by atoms with Crippen LogP contribution in [-0.4, -0.2) is 23.5 Å². The molecule has 0 spiro atoms. The lowest BCUT2D eigenvalue weighted by Gasteiger charge is -2.09. The number of hydrogen-bond acceptors (Lipinski definition) is 2. The fourth-order valence-electron chi connectivity index (χ4n) is 5.07. The summed E-state index contributed by atoms with van der Waals surface area (Å²) in [6.07, 6.45) is 36.2. The zero-order valence-corrected chi connectivity index (χ0v) is 25.6. The van der Waals surface area contributed by atoms with Crippen molar-refractivity contribution in [1.82, 2.24) is 5.32 Å². The summed E-state index contributed by atoms with van der Waals surface area (Å²) in [5, 5.41) is 12.4. The van der Waals surface area contributed by atoms with Crippen LogP contribution < -0.4 is 5.32 Å². The Labute approximate surface area is 237 Å². The first-order valence-electron chi connectivity index (χ1n) is 16.8. The number of amides is 1. The minimum Gasteiger partial charge on any atom is -0.481 e. The standard InChI is InChI=1S/C34H65NO3/c1-3-5-7-9-11-13-15-16-17-18-19-20-22-24-26-28-30-35-33(36)31-32(34(37)38)29-27-25-23-21-14-12-10-8-6-4-2/h27,29,32H,3-26,28,30-31H2,1-2H3,(H,35,36)(H,37,38)/b29-27+. The summed E-state index contributed by atoms with van der Waals surface area (Å²) in [5.41, 5.74) is 0. The van der Waals surface area contributed by atoms with E-state index in [1.165, 1.54) is 135 Å². The van der Waals surface area contributed by atoms with Gasteiger partial charge in [-0.05, 0) is 19.3 Å². The molecule has 2 N–H and O–H groups in total. The molecule has 0 saturated carbocycles. The van der Waals surface area contributed by atoms with E-state index in [-0.39, 0.29) is 12.3 Å². The van der Waals surface area contributed by atoms with Crippen molar-refractivity contribution < 1.29 is 14.7 Å². The second-order valence-electron chi connectivity index (χ2n) is 11.5. The molecule has 224 valence electrons. The Morgan fingerprint density at radius 3 is 1.34 bits per heavy atom. The number of aliphatic carboxylic acids is 1. The lowest BCUT2D eigenvalue weighted by atomic mass is 10.0. The van der Waals surface area contributed by atoms with Crippen molar-refractivity contribution in [2.45, 2.75) is 181 Å². The fourth-order valence-corrected chi connectivity index (χ4v) is 5.07. The third-order valence-electron chi connectivity index (χ3n) is 7.67. The molecule has 4 nitrogen and oxygen atoms in total. The summed E-state index contributed by atoms with van der Waals surface area (Å²) in [5.74, 6) is -1.76. The molecule has 1 amide bonds. The van der Waals surface area contributed by atoms with Crippen LogP contribution in [0, 0.1) is 5.92 Å². The summed E-state index contributed by atoms with van der Waals surface area (Å²) in [4.78, 5) is 23.7. The molecule has 0 aliphatic rings. The zero-order valence-electron chi connectivity index (χ0n) is 25.6. The van der Waals surface area contributed by atoms with Crippen LogP contribution in [0.15, 0.2) is 12.2 Å². The van der Waals surface area contributed by atoms with Crippen LogP contribution in [0.25, 0.3) is 0 Å². The van der Waals surface area contributed by atoms with E-state index in [4.69, 9.17) is 0 Å². The zero-order chi connectivity index (χ0) is 27.9. The van der Waals surface area contributed by atoms with E-state index in [9.17, 15) is 14.7 Å². The van der Waals surface area contributed by atoms with E-state index < -0.39 is 11.9 Å². The average molecular weight is 536 g/mol. The molecule has 4 heteroatoms. The third-order valence-corrected chi connectivity index (χ3v) is 7.67. The molecule has 0 radical (unpaired) electrons. The van der Waals surface area contributed by atoms with Gasteiger partial charge in [-0.2, -0.15) is 0 Å². The molecule has 0 aromatic heterocycles. The smallest absolute Gasteiger partial charge is 0.310 e. The highest BCUT2D eigenvalue weighted by atomic mass is 16.4. The summed E-state index contributed by atoms with van der Waals surface area (Å²) >= 11 is 0. The lowest BCUT2D eigenvalue weighted by Crippen LogP contribution is -2.28. The molecule has 0 saturated heterocycles. The normalized spacial score (nSPS) is 12.3. The highest BCUT2D eigenvalue weighted by Crippen LogP contribution is 2.14. The molecule has 0 heterocycles. The number of unbranched alkanes of at least 4 members (excludes halogenated alkanes) is 23. The summed E-state index contributed by atoms with van der Waals surface area (Å²) in [7, 11) is 0. The van der Waals surface area contributed by atoms with Crippen LogP contribution in [0.4, 0.5) is 0 Å². The van der Waals surface area contributed by atoms with Crippen LogP contribution in [0.5, 0.6) is 0 Å². The highest BCUT2D eigenvalue weighted by molar-refractivity contribution is 5.83. The molecule has 0 aromatic carbocycles. The van der Waals surface area contributed by atoms with Crippen LogP contribution in [0.1, 0.15) is 181 Å². The van der Waals surface area contributed by atoms with Gasteiger partial charge in [0.25, 0.3) is 0 Å². The molecule has 0 aliphatic carbocycles. The number of carbonyl (C=O) groups is 2. The van der Waals surface area contributed by atoms with E-state index in [1.807, 2.05) is 6.08 Å². The second kappa shape index (κ2) is 30.2. The Hall–Kier alpha value is -1.32. The minimum atomic E-state index is -0.908. The quantitative estimate of drug-likeness (QED) is 0.0710. The Morgan fingerprint density at radius 1 is 0.579 bits per heavy atom. The summed E-state index contributed by atoms with van der Waals surface area (Å²) in [6, 6.07) is 0. The summed E-state index contributed by atoms with van der Waals surface area (Å²) < 4.78 is 0. The monoisotopic (exact) mass is 535 g/mol. The molecule has 38 heavy (non-hydrogen) atoms. The van der Waals surface area contributed by atoms with Gasteiger partial charge in [-0.15, -0.1) is 0 Å². The van der Waals surface area contributed by atoms with Crippen LogP contribution >= 0.6 is 0 Å². The van der Waals surface area contributed by atoms with Gasteiger partial charge in [0.1, 0.15) is 0 Å². The van der Waals surface area contributed by atoms with Crippen molar-refractivity contribution in [2.24, 2.45) is 5.92 Å². The first-order chi connectivity index (χ1) is 18.6. The maximum Gasteiger partial charge on any atom is 0.310 e. The van der Waals surface area contributed by atoms with E-state index >= 15 is 0 Å². The fraction of sp³-hybridized carbons (Fsp3) is 0.882. The van der Waals surface area contributed by atoms with Crippen molar-refractivity contribution in [3.63, 3.8) is 0 Å². The topological polar surface area (TPSA) is 66.4 Å². The number of rotatable bonds is 30. The average Bonchev–Trinajstić information content (AvgIpc) is 2.90. The van der Waals surface area contributed by atoms with Gasteiger partial charge in [0.2, 0.25) is 5.91 Å². The molecule has 0 bridgehead atoms. The van der Waals surface area contributed by atoms with Crippen molar-refractivity contribution in [3.05, 3.63) is 12.2 Å². The van der Waals surface area contributed by atoms with Crippen molar-refractivity contribution >= 4 is 11.9 Å². The second-order valence-corrected chi connectivity index (χ2v) is 11.5. The largest absolute Gasteiger partial charge is 0.481 e. The highest BCUT2D eigenvalue weighted by Gasteiger charge is 2.17. The van der Waals surface area contributed by atoms with Gasteiger partial charge in [0.05, 0.1) is 5.92 Å². The summed E-state index contributed by atoms with van der Waals surface area (Å²) in [6.45, 7) is 5.17. The number of carboxylic acid groups (broad SMARTS) is 1. The Morgan fingerprint density at radius 2 is 0.947 bits per heavy atom. The van der Waals surface area contributed by atoms with E-state index in [0.29, 0.717) is 6.54 Å². The molecular weight excluding hydrogens is 470 g/mol. The van der Waals surface area contributed by atoms with Gasteiger partial charge >= 0.3 is 5.97 Å². The first-order valence-corrected chi connectivity index (χ1v) is 16.8. The van der Waals surface area contributed by atoms with Crippen molar-refractivity contribution in [1.29, 1.82) is 0 Å². The van der Waals surface area contributed by atoms with E-state index in [2.05, 4.69) is 19.2 Å². The van der Waals surface area contributed by atoms with Crippen molar-refractivity contribution in [2.75, 3.05) is 6.54 Å². The van der Waals surface area contributed by atoms with Gasteiger partial charge in [0, 0.05) is 13.0 Å². The first kappa shape index (κ1) is 36.7. The molecule has 0 aliphatic heterocycles. The molecular formula is C34H65NO3. The Bertz CT molecular complexity index is 546. The van der Waals surface area contributed by atoms with Crippen molar-refractivity contribution in [3.8, 4) is 0 Å². The van der Waals surface area contributed by atoms with E-state index in [1.54, 1.807) is 6.08 Å².